The molecule has 4 nitrogen and oxygen atoms in total. The van der Waals surface area contributed by atoms with Crippen molar-refractivity contribution in [3.8, 4) is 23.0 Å². The number of thioether (sulfide) groups is 2. The maximum absolute atomic E-state index is 9.71. The Kier molecular flexibility index (Phi) is 7.46. The number of unbranched alkanes of at least 4 members (excludes halogenated alkanes) is 3. The number of benzene rings is 2. The van der Waals surface area contributed by atoms with E-state index in [1.54, 1.807) is 47.8 Å². The lowest BCUT2D eigenvalue weighted by Gasteiger charge is -2.06. The summed E-state index contributed by atoms with van der Waals surface area (Å²) in [7, 11) is 0. The van der Waals surface area contributed by atoms with Crippen molar-refractivity contribution in [3.63, 3.8) is 0 Å². The molecule has 0 radical (unpaired) electrons. The SMILES string of the molecule is Oc1cccc(SCCCCCCSc2cccc(O)c2O)c1O. The molecule has 0 atom stereocenters. The molecule has 0 aliphatic heterocycles. The third kappa shape index (κ3) is 5.46. The van der Waals surface area contributed by atoms with Gasteiger partial charge in [-0.05, 0) is 48.6 Å². The fourth-order valence-corrected chi connectivity index (χ4v) is 4.15. The van der Waals surface area contributed by atoms with Crippen molar-refractivity contribution in [1.29, 1.82) is 0 Å². The fourth-order valence-electron chi connectivity index (χ4n) is 2.18. The third-order valence-electron chi connectivity index (χ3n) is 3.51. The van der Waals surface area contributed by atoms with E-state index in [0.29, 0.717) is 9.79 Å². The molecule has 0 spiro atoms. The lowest BCUT2D eigenvalue weighted by atomic mass is 10.2. The summed E-state index contributed by atoms with van der Waals surface area (Å²) >= 11 is 3.10. The highest BCUT2D eigenvalue weighted by Crippen LogP contribution is 2.37. The van der Waals surface area contributed by atoms with Crippen LogP contribution in [0.15, 0.2) is 46.2 Å². The van der Waals surface area contributed by atoms with Gasteiger partial charge in [-0.15, -0.1) is 23.5 Å². The van der Waals surface area contributed by atoms with E-state index < -0.39 is 0 Å². The number of phenolic OH excluding ortho intramolecular Hbond substituents is 4. The van der Waals surface area contributed by atoms with E-state index in [0.717, 1.165) is 37.2 Å². The van der Waals surface area contributed by atoms with Crippen molar-refractivity contribution in [2.45, 2.75) is 35.5 Å². The van der Waals surface area contributed by atoms with Gasteiger partial charge in [-0.2, -0.15) is 0 Å². The molecule has 0 saturated carbocycles. The maximum Gasteiger partial charge on any atom is 0.171 e. The van der Waals surface area contributed by atoms with E-state index in [9.17, 15) is 20.4 Å². The van der Waals surface area contributed by atoms with Crippen LogP contribution in [0.5, 0.6) is 23.0 Å². The third-order valence-corrected chi connectivity index (χ3v) is 5.78. The Hall–Kier alpha value is -1.66. The number of aromatic hydroxyl groups is 4. The van der Waals surface area contributed by atoms with Crippen LogP contribution in [0.2, 0.25) is 0 Å². The average Bonchev–Trinajstić information content (AvgIpc) is 2.57. The molecule has 0 aromatic heterocycles. The van der Waals surface area contributed by atoms with E-state index in [4.69, 9.17) is 0 Å². The zero-order valence-corrected chi connectivity index (χ0v) is 14.9. The Morgan fingerprint density at radius 1 is 0.583 bits per heavy atom. The summed E-state index contributed by atoms with van der Waals surface area (Å²) in [5, 5.41) is 38.3. The minimum Gasteiger partial charge on any atom is -0.504 e. The molecule has 4 N–H and O–H groups in total. The van der Waals surface area contributed by atoms with Crippen LogP contribution in [-0.2, 0) is 0 Å². The maximum atomic E-state index is 9.71. The van der Waals surface area contributed by atoms with Crippen LogP contribution in [0, 0.1) is 0 Å². The van der Waals surface area contributed by atoms with Crippen LogP contribution in [0.1, 0.15) is 25.7 Å². The topological polar surface area (TPSA) is 80.9 Å². The van der Waals surface area contributed by atoms with Gasteiger partial charge < -0.3 is 20.4 Å². The van der Waals surface area contributed by atoms with Crippen molar-refractivity contribution in [3.05, 3.63) is 36.4 Å². The first kappa shape index (κ1) is 18.7. The molecule has 0 heterocycles. The van der Waals surface area contributed by atoms with Crippen LogP contribution in [-0.4, -0.2) is 31.9 Å². The molecule has 0 fully saturated rings. The van der Waals surface area contributed by atoms with Crippen molar-refractivity contribution in [1.82, 2.24) is 0 Å². The Bertz CT molecular complexity index is 604. The van der Waals surface area contributed by atoms with Gasteiger partial charge in [0.2, 0.25) is 0 Å². The second-order valence-electron chi connectivity index (χ2n) is 5.36. The molecule has 0 bridgehead atoms. The van der Waals surface area contributed by atoms with Gasteiger partial charge in [0.15, 0.2) is 23.0 Å². The summed E-state index contributed by atoms with van der Waals surface area (Å²) in [5.41, 5.74) is 0. The molecule has 2 aromatic carbocycles. The second-order valence-corrected chi connectivity index (χ2v) is 7.63. The van der Waals surface area contributed by atoms with Crippen LogP contribution in [0.4, 0.5) is 0 Å². The molecule has 24 heavy (non-hydrogen) atoms. The van der Waals surface area contributed by atoms with Crippen LogP contribution < -0.4 is 0 Å². The molecule has 2 aromatic rings. The van der Waals surface area contributed by atoms with Gasteiger partial charge in [-0.25, -0.2) is 0 Å². The number of hydrogen-bond acceptors (Lipinski definition) is 6. The van der Waals surface area contributed by atoms with Gasteiger partial charge in [0, 0.05) is 0 Å². The van der Waals surface area contributed by atoms with Gasteiger partial charge in [-0.3, -0.25) is 0 Å². The van der Waals surface area contributed by atoms with E-state index in [2.05, 4.69) is 0 Å². The standard InChI is InChI=1S/C18H22O4S2/c19-13-7-5-9-15(17(13)21)23-11-3-1-2-4-12-24-16-10-6-8-14(20)18(16)22/h5-10,19-22H,1-4,11-12H2. The number of hydrogen-bond donors (Lipinski definition) is 4. The van der Waals surface area contributed by atoms with Crippen molar-refractivity contribution >= 4 is 23.5 Å². The molecule has 2 rings (SSSR count). The Morgan fingerprint density at radius 3 is 1.42 bits per heavy atom. The normalized spacial score (nSPS) is 10.8. The van der Waals surface area contributed by atoms with E-state index >= 15 is 0 Å². The highest BCUT2D eigenvalue weighted by Gasteiger charge is 2.07. The van der Waals surface area contributed by atoms with Gasteiger partial charge in [0.1, 0.15) is 0 Å². The zero-order valence-electron chi connectivity index (χ0n) is 13.3. The summed E-state index contributed by atoms with van der Waals surface area (Å²) in [6.45, 7) is 0. The summed E-state index contributed by atoms with van der Waals surface area (Å²) in [6.07, 6.45) is 4.28. The lowest BCUT2D eigenvalue weighted by molar-refractivity contribution is 0.395. The smallest absolute Gasteiger partial charge is 0.171 e. The summed E-state index contributed by atoms with van der Waals surface area (Å²) in [5.74, 6) is 1.57. The molecule has 0 saturated heterocycles. The van der Waals surface area contributed by atoms with Crippen molar-refractivity contribution in [2.75, 3.05) is 11.5 Å². The number of phenols is 4. The molecule has 0 unspecified atom stereocenters. The van der Waals surface area contributed by atoms with E-state index in [1.807, 2.05) is 0 Å². The highest BCUT2D eigenvalue weighted by molar-refractivity contribution is 7.99. The van der Waals surface area contributed by atoms with E-state index in [-0.39, 0.29) is 23.0 Å². The van der Waals surface area contributed by atoms with Crippen LogP contribution >= 0.6 is 23.5 Å². The van der Waals surface area contributed by atoms with Gasteiger partial charge in [0.05, 0.1) is 9.79 Å². The largest absolute Gasteiger partial charge is 0.504 e. The molecular formula is C18H22O4S2. The predicted molar refractivity (Wildman–Crippen MR) is 99.5 cm³/mol. The Labute approximate surface area is 150 Å². The molecule has 0 aliphatic rings. The summed E-state index contributed by atoms with van der Waals surface area (Å²) < 4.78 is 0. The first-order valence-electron chi connectivity index (χ1n) is 7.87. The van der Waals surface area contributed by atoms with Gasteiger partial charge >= 0.3 is 0 Å². The Morgan fingerprint density at radius 2 is 1.00 bits per heavy atom. The molecular weight excluding hydrogens is 344 g/mol. The lowest BCUT2D eigenvalue weighted by Crippen LogP contribution is -1.85. The highest BCUT2D eigenvalue weighted by atomic mass is 32.2. The average molecular weight is 367 g/mol. The predicted octanol–water partition coefficient (Wildman–Crippen LogP) is 4.95. The zero-order chi connectivity index (χ0) is 17.4. The number of rotatable bonds is 9. The molecule has 0 amide bonds. The summed E-state index contributed by atoms with van der Waals surface area (Å²) in [6, 6.07) is 10.0. The summed E-state index contributed by atoms with van der Waals surface area (Å²) in [4.78, 5) is 1.43. The number of para-hydroxylation sites is 2. The first-order valence-corrected chi connectivity index (χ1v) is 9.84. The molecule has 130 valence electrons. The van der Waals surface area contributed by atoms with Crippen molar-refractivity contribution in [2.24, 2.45) is 0 Å². The molecule has 0 aliphatic carbocycles. The second kappa shape index (κ2) is 9.59. The van der Waals surface area contributed by atoms with Gasteiger partial charge in [0.25, 0.3) is 0 Å². The van der Waals surface area contributed by atoms with Crippen LogP contribution in [0.3, 0.4) is 0 Å². The van der Waals surface area contributed by atoms with Gasteiger partial charge in [-0.1, -0.05) is 25.0 Å². The van der Waals surface area contributed by atoms with Crippen LogP contribution in [0.25, 0.3) is 0 Å². The van der Waals surface area contributed by atoms with E-state index in [1.165, 1.54) is 12.1 Å². The first-order chi connectivity index (χ1) is 11.6. The Balaban J connectivity index is 1.57. The minimum atomic E-state index is -0.0766. The fraction of sp³-hybridized carbons (Fsp3) is 0.333. The minimum absolute atomic E-state index is 0.0372. The van der Waals surface area contributed by atoms with Crippen molar-refractivity contribution < 1.29 is 20.4 Å². The monoisotopic (exact) mass is 366 g/mol. The quantitative estimate of drug-likeness (QED) is 0.285. The molecule has 6 heteroatoms.